The number of rotatable bonds is 3. The lowest BCUT2D eigenvalue weighted by atomic mass is 10.1. The van der Waals surface area contributed by atoms with Crippen molar-refractivity contribution < 1.29 is 4.39 Å². The predicted molar refractivity (Wildman–Crippen MR) is 108 cm³/mol. The van der Waals surface area contributed by atoms with Gasteiger partial charge in [-0.25, -0.2) is 4.39 Å². The summed E-state index contributed by atoms with van der Waals surface area (Å²) >= 11 is 3.26. The Morgan fingerprint density at radius 3 is 2.40 bits per heavy atom. The molecule has 3 heteroatoms. The smallest absolute Gasteiger partial charge is 0.138 e. The summed E-state index contributed by atoms with van der Waals surface area (Å²) in [5, 5.41) is 0.896. The Morgan fingerprint density at radius 2 is 1.84 bits per heavy atom. The number of hydrogen-bond acceptors (Lipinski definition) is 0. The highest BCUT2D eigenvalue weighted by Gasteiger charge is 2.13. The zero-order valence-electron chi connectivity index (χ0n) is 14.7. The number of halogens is 2. The number of benzene rings is 2. The molecule has 1 nitrogen and oxygen atoms in total. The first kappa shape index (κ1) is 17.9. The van der Waals surface area contributed by atoms with Crippen molar-refractivity contribution in [2.24, 2.45) is 5.92 Å². The van der Waals surface area contributed by atoms with Gasteiger partial charge in [-0.2, -0.15) is 0 Å². The molecule has 3 aromatic rings. The van der Waals surface area contributed by atoms with Gasteiger partial charge in [0, 0.05) is 17.6 Å². The van der Waals surface area contributed by atoms with Crippen LogP contribution in [0.1, 0.15) is 25.3 Å². The molecule has 0 atom stereocenters. The molecule has 1 fully saturated rings. The second-order valence-corrected chi connectivity index (χ2v) is 7.66. The van der Waals surface area contributed by atoms with Gasteiger partial charge in [-0.3, -0.25) is 0 Å². The Bertz CT molecular complexity index is 889. The molecule has 0 saturated heterocycles. The van der Waals surface area contributed by atoms with E-state index in [4.69, 9.17) is 0 Å². The Morgan fingerprint density at radius 1 is 1.20 bits per heavy atom. The van der Waals surface area contributed by atoms with Crippen LogP contribution in [0.15, 0.2) is 59.6 Å². The third-order valence-corrected chi connectivity index (χ3v) is 5.08. The first-order valence-electron chi connectivity index (χ1n) is 8.66. The van der Waals surface area contributed by atoms with Crippen LogP contribution in [-0.2, 0) is 6.54 Å². The summed E-state index contributed by atoms with van der Waals surface area (Å²) in [5.41, 5.74) is 4.41. The number of aromatic nitrogens is 1. The van der Waals surface area contributed by atoms with Gasteiger partial charge in [0.2, 0.25) is 0 Å². The lowest BCUT2D eigenvalue weighted by Crippen LogP contribution is -1.97. The van der Waals surface area contributed by atoms with Gasteiger partial charge in [0.05, 0.1) is 9.99 Å². The normalized spacial score (nSPS) is 13.4. The molecule has 1 aliphatic rings. The Kier molecular flexibility index (Phi) is 5.43. The number of allylic oxidation sites excluding steroid dienone is 1. The third-order valence-electron chi connectivity index (χ3n) is 4.47. The van der Waals surface area contributed by atoms with E-state index < -0.39 is 0 Å². The van der Waals surface area contributed by atoms with Crippen LogP contribution in [0.5, 0.6) is 0 Å². The maximum absolute atomic E-state index is 13.8. The van der Waals surface area contributed by atoms with Crippen LogP contribution in [0.4, 0.5) is 4.39 Å². The molecule has 1 aromatic heterocycles. The second kappa shape index (κ2) is 7.57. The van der Waals surface area contributed by atoms with E-state index in [-0.39, 0.29) is 5.82 Å². The monoisotopic (exact) mass is 399 g/mol. The maximum atomic E-state index is 13.8. The summed E-state index contributed by atoms with van der Waals surface area (Å²) in [6.45, 7) is 8.85. The van der Waals surface area contributed by atoms with Crippen LogP contribution < -0.4 is 0 Å². The van der Waals surface area contributed by atoms with E-state index in [0.717, 1.165) is 28.1 Å². The molecule has 0 radical (unpaired) electrons. The lowest BCUT2D eigenvalue weighted by Gasteiger charge is -2.09. The Hall–Kier alpha value is -1.87. The second-order valence-electron chi connectivity index (χ2n) is 6.80. The molecule has 0 aliphatic heterocycles. The fourth-order valence-corrected chi connectivity index (χ4v) is 3.04. The number of hydrogen-bond donors (Lipinski definition) is 0. The quantitative estimate of drug-likeness (QED) is 0.413. The molecule has 0 bridgehead atoms. The van der Waals surface area contributed by atoms with Gasteiger partial charge in [-0.1, -0.05) is 55.7 Å². The molecule has 1 heterocycles. The summed E-state index contributed by atoms with van der Waals surface area (Å²) in [7, 11) is 0. The fourth-order valence-electron chi connectivity index (χ4n) is 2.71. The SMILES string of the molecule is C=CCn1c(-c2ccc(C)cc2)cc2cc(F)c(Br)cc21.CC1CC1. The van der Waals surface area contributed by atoms with Gasteiger partial charge in [-0.15, -0.1) is 6.58 Å². The standard InChI is InChI=1S/C18H15BrFN.C4H8/c1-3-8-21-17(13-6-4-12(2)5-7-13)10-14-9-16(20)15(19)11-18(14)21;1-4-2-3-4/h3-7,9-11H,1,8H2,2H3;4H,2-3H2,1H3. The number of nitrogens with zero attached hydrogens (tertiary/aromatic N) is 1. The van der Waals surface area contributed by atoms with E-state index >= 15 is 0 Å². The van der Waals surface area contributed by atoms with E-state index in [1.807, 2.05) is 18.2 Å². The van der Waals surface area contributed by atoms with Crippen molar-refractivity contribution in [1.82, 2.24) is 4.57 Å². The molecular formula is C22H23BrFN. The average Bonchev–Trinajstić information content (AvgIpc) is 3.30. The van der Waals surface area contributed by atoms with Gasteiger partial charge in [0.25, 0.3) is 0 Å². The van der Waals surface area contributed by atoms with Crippen molar-refractivity contribution in [3.05, 3.63) is 71.0 Å². The lowest BCUT2D eigenvalue weighted by molar-refractivity contribution is 0.623. The van der Waals surface area contributed by atoms with Gasteiger partial charge >= 0.3 is 0 Å². The van der Waals surface area contributed by atoms with Crippen LogP contribution >= 0.6 is 15.9 Å². The van der Waals surface area contributed by atoms with Gasteiger partial charge in [0.1, 0.15) is 5.82 Å². The molecule has 130 valence electrons. The Labute approximate surface area is 157 Å². The van der Waals surface area contributed by atoms with Crippen LogP contribution in [-0.4, -0.2) is 4.57 Å². The zero-order chi connectivity index (χ0) is 18.0. The van der Waals surface area contributed by atoms with E-state index in [0.29, 0.717) is 11.0 Å². The summed E-state index contributed by atoms with van der Waals surface area (Å²) in [5.74, 6) is 0.841. The van der Waals surface area contributed by atoms with Crippen molar-refractivity contribution in [2.75, 3.05) is 0 Å². The highest BCUT2D eigenvalue weighted by Crippen LogP contribution is 2.31. The van der Waals surface area contributed by atoms with Crippen LogP contribution in [0.3, 0.4) is 0 Å². The molecule has 0 spiro atoms. The van der Waals surface area contributed by atoms with Crippen molar-refractivity contribution in [1.29, 1.82) is 0 Å². The fraction of sp³-hybridized carbons (Fsp3) is 0.273. The molecule has 2 aromatic carbocycles. The van der Waals surface area contributed by atoms with Crippen molar-refractivity contribution in [3.63, 3.8) is 0 Å². The summed E-state index contributed by atoms with van der Waals surface area (Å²) in [4.78, 5) is 0. The minimum Gasteiger partial charge on any atom is -0.337 e. The van der Waals surface area contributed by atoms with Gasteiger partial charge < -0.3 is 4.57 Å². The first-order chi connectivity index (χ1) is 12.0. The van der Waals surface area contributed by atoms with Crippen molar-refractivity contribution >= 4 is 26.8 Å². The minimum atomic E-state index is -0.242. The van der Waals surface area contributed by atoms with E-state index in [1.165, 1.54) is 18.4 Å². The third kappa shape index (κ3) is 4.21. The number of fused-ring (bicyclic) bond motifs is 1. The average molecular weight is 400 g/mol. The first-order valence-corrected chi connectivity index (χ1v) is 9.45. The molecular weight excluding hydrogens is 377 g/mol. The molecule has 25 heavy (non-hydrogen) atoms. The van der Waals surface area contributed by atoms with Gasteiger partial charge in [0.15, 0.2) is 0 Å². The highest BCUT2D eigenvalue weighted by molar-refractivity contribution is 9.10. The Balaban J connectivity index is 0.000000401. The summed E-state index contributed by atoms with van der Waals surface area (Å²) < 4.78 is 16.4. The van der Waals surface area contributed by atoms with Crippen LogP contribution in [0.25, 0.3) is 22.2 Å². The zero-order valence-corrected chi connectivity index (χ0v) is 16.3. The van der Waals surface area contributed by atoms with Crippen LogP contribution in [0.2, 0.25) is 0 Å². The highest BCUT2D eigenvalue weighted by atomic mass is 79.9. The molecule has 0 N–H and O–H groups in total. The topological polar surface area (TPSA) is 4.93 Å². The minimum absolute atomic E-state index is 0.242. The van der Waals surface area contributed by atoms with Crippen LogP contribution in [0, 0.1) is 18.7 Å². The molecule has 1 saturated carbocycles. The maximum Gasteiger partial charge on any atom is 0.138 e. The van der Waals surface area contributed by atoms with Crippen molar-refractivity contribution in [2.45, 2.75) is 33.2 Å². The van der Waals surface area contributed by atoms with Crippen molar-refractivity contribution in [3.8, 4) is 11.3 Å². The molecule has 4 rings (SSSR count). The van der Waals surface area contributed by atoms with E-state index in [2.05, 4.69) is 65.2 Å². The van der Waals surface area contributed by atoms with Gasteiger partial charge in [-0.05, 0) is 52.5 Å². The van der Waals surface area contributed by atoms with E-state index in [9.17, 15) is 4.39 Å². The summed E-state index contributed by atoms with van der Waals surface area (Å²) in [6, 6.07) is 13.8. The summed E-state index contributed by atoms with van der Waals surface area (Å²) in [6.07, 6.45) is 4.83. The molecule has 0 unspecified atom stereocenters. The largest absolute Gasteiger partial charge is 0.337 e. The molecule has 0 amide bonds. The van der Waals surface area contributed by atoms with E-state index in [1.54, 1.807) is 6.07 Å². The predicted octanol–water partition coefficient (Wildman–Crippen LogP) is 7.12. The molecule has 1 aliphatic carbocycles. The number of aryl methyl sites for hydroxylation is 1.